The molecule has 2 fully saturated rings. The van der Waals surface area contributed by atoms with E-state index < -0.39 is 0 Å². The van der Waals surface area contributed by atoms with Gasteiger partial charge in [0.05, 0.1) is 5.56 Å². The van der Waals surface area contributed by atoms with Crippen molar-refractivity contribution in [2.45, 2.75) is 31.7 Å². The van der Waals surface area contributed by atoms with E-state index in [0.29, 0.717) is 16.6 Å². The Kier molecular flexibility index (Phi) is 4.87. The van der Waals surface area contributed by atoms with Crippen molar-refractivity contribution in [2.75, 3.05) is 26.2 Å². The van der Waals surface area contributed by atoms with E-state index in [-0.39, 0.29) is 5.91 Å². The topological polar surface area (TPSA) is 23.6 Å². The van der Waals surface area contributed by atoms with Crippen LogP contribution in [-0.4, -0.2) is 47.9 Å². The summed E-state index contributed by atoms with van der Waals surface area (Å²) in [4.78, 5) is 17.2. The van der Waals surface area contributed by atoms with E-state index in [0.717, 1.165) is 24.0 Å². The molecule has 0 aromatic heterocycles. The molecule has 0 aliphatic carbocycles. The summed E-state index contributed by atoms with van der Waals surface area (Å²) in [5.74, 6) is 0.109. The van der Waals surface area contributed by atoms with E-state index in [1.807, 2.05) is 11.0 Å². The minimum absolute atomic E-state index is 0.109. The Morgan fingerprint density at radius 2 is 1.95 bits per heavy atom. The summed E-state index contributed by atoms with van der Waals surface area (Å²) in [6, 6.07) is 5.91. The van der Waals surface area contributed by atoms with Crippen molar-refractivity contribution in [3.8, 4) is 0 Å². The van der Waals surface area contributed by atoms with Gasteiger partial charge >= 0.3 is 0 Å². The number of likely N-dealkylation sites (tertiary alicyclic amines) is 2. The number of amides is 1. The minimum atomic E-state index is 0.109. The lowest BCUT2D eigenvalue weighted by molar-refractivity contribution is 0.0770. The third-order valence-electron chi connectivity index (χ3n) is 4.52. The van der Waals surface area contributed by atoms with Gasteiger partial charge in [0, 0.05) is 28.6 Å². The molecule has 5 heteroatoms. The van der Waals surface area contributed by atoms with Gasteiger partial charge in [-0.05, 0) is 66.5 Å². The zero-order valence-corrected chi connectivity index (χ0v) is 14.4. The highest BCUT2D eigenvalue weighted by Crippen LogP contribution is 2.26. The van der Waals surface area contributed by atoms with Gasteiger partial charge in [-0.3, -0.25) is 9.69 Å². The molecule has 1 amide bonds. The number of carbonyl (C=O) groups is 1. The number of benzene rings is 1. The lowest BCUT2D eigenvalue weighted by atomic mass is 10.1. The van der Waals surface area contributed by atoms with Crippen LogP contribution in [0.5, 0.6) is 0 Å². The highest BCUT2D eigenvalue weighted by atomic mass is 79.9. The molecule has 2 aliphatic heterocycles. The number of piperidine rings is 1. The summed E-state index contributed by atoms with van der Waals surface area (Å²) in [7, 11) is 0. The summed E-state index contributed by atoms with van der Waals surface area (Å²) >= 11 is 9.39. The molecule has 21 heavy (non-hydrogen) atoms. The van der Waals surface area contributed by atoms with E-state index in [1.54, 1.807) is 12.1 Å². The molecular weight excluding hydrogens is 352 g/mol. The van der Waals surface area contributed by atoms with Crippen LogP contribution in [0.25, 0.3) is 0 Å². The molecule has 3 rings (SSSR count). The number of hydrogen-bond acceptors (Lipinski definition) is 2. The number of rotatable bonds is 2. The summed E-state index contributed by atoms with van der Waals surface area (Å²) in [5.41, 5.74) is 0.707. The van der Waals surface area contributed by atoms with Gasteiger partial charge in [-0.1, -0.05) is 18.0 Å². The standard InChI is InChI=1S/C16H20BrClN2O/c17-15-10-12(18)4-5-14(15)16(21)20-9-6-13(11-20)19-7-2-1-3-8-19/h4-5,10,13H,1-3,6-9,11H2. The second-order valence-electron chi connectivity index (χ2n) is 5.91. The molecule has 1 aromatic carbocycles. The molecule has 2 heterocycles. The van der Waals surface area contributed by atoms with Crippen LogP contribution in [0.4, 0.5) is 0 Å². The largest absolute Gasteiger partial charge is 0.337 e. The number of halogens is 2. The normalized spacial score (nSPS) is 23.5. The van der Waals surface area contributed by atoms with Gasteiger partial charge in [-0.25, -0.2) is 0 Å². The quantitative estimate of drug-likeness (QED) is 0.789. The Labute approximate surface area is 139 Å². The van der Waals surface area contributed by atoms with Crippen molar-refractivity contribution in [3.05, 3.63) is 33.3 Å². The van der Waals surface area contributed by atoms with Crippen LogP contribution in [-0.2, 0) is 0 Å². The maximum absolute atomic E-state index is 12.6. The molecule has 0 radical (unpaired) electrons. The smallest absolute Gasteiger partial charge is 0.255 e. The zero-order valence-electron chi connectivity index (χ0n) is 12.0. The molecule has 1 atom stereocenters. The third-order valence-corrected chi connectivity index (χ3v) is 5.41. The Morgan fingerprint density at radius 1 is 1.19 bits per heavy atom. The van der Waals surface area contributed by atoms with Gasteiger partial charge in [-0.15, -0.1) is 0 Å². The van der Waals surface area contributed by atoms with Crippen LogP contribution in [0.15, 0.2) is 22.7 Å². The van der Waals surface area contributed by atoms with Crippen LogP contribution in [0.3, 0.4) is 0 Å². The fraction of sp³-hybridized carbons (Fsp3) is 0.562. The Bertz CT molecular complexity index is 531. The van der Waals surface area contributed by atoms with Gasteiger partial charge < -0.3 is 4.90 Å². The molecule has 0 bridgehead atoms. The number of hydrogen-bond donors (Lipinski definition) is 0. The second-order valence-corrected chi connectivity index (χ2v) is 7.21. The third kappa shape index (κ3) is 3.43. The Morgan fingerprint density at radius 3 is 2.67 bits per heavy atom. The van der Waals surface area contributed by atoms with Crippen molar-refractivity contribution in [1.29, 1.82) is 0 Å². The molecule has 0 N–H and O–H groups in total. The highest BCUT2D eigenvalue weighted by molar-refractivity contribution is 9.10. The maximum atomic E-state index is 12.6. The van der Waals surface area contributed by atoms with Crippen molar-refractivity contribution >= 4 is 33.4 Å². The number of carbonyl (C=O) groups excluding carboxylic acids is 1. The van der Waals surface area contributed by atoms with Gasteiger partial charge in [-0.2, -0.15) is 0 Å². The summed E-state index contributed by atoms with van der Waals surface area (Å²) in [6.07, 6.45) is 5.04. The van der Waals surface area contributed by atoms with Crippen molar-refractivity contribution in [2.24, 2.45) is 0 Å². The Balaban J connectivity index is 1.66. The first-order valence-corrected chi connectivity index (χ1v) is 8.80. The van der Waals surface area contributed by atoms with Crippen LogP contribution >= 0.6 is 27.5 Å². The zero-order chi connectivity index (χ0) is 14.8. The predicted octanol–water partition coefficient (Wildman–Crippen LogP) is 3.80. The average Bonchev–Trinajstić information content (AvgIpc) is 2.97. The van der Waals surface area contributed by atoms with Gasteiger partial charge in [0.2, 0.25) is 0 Å². The first-order chi connectivity index (χ1) is 10.1. The maximum Gasteiger partial charge on any atom is 0.255 e. The van der Waals surface area contributed by atoms with Crippen LogP contribution < -0.4 is 0 Å². The van der Waals surface area contributed by atoms with E-state index in [1.165, 1.54) is 32.4 Å². The van der Waals surface area contributed by atoms with Crippen LogP contribution in [0.2, 0.25) is 5.02 Å². The molecule has 3 nitrogen and oxygen atoms in total. The predicted molar refractivity (Wildman–Crippen MR) is 88.9 cm³/mol. The van der Waals surface area contributed by atoms with Crippen LogP contribution in [0.1, 0.15) is 36.0 Å². The molecule has 0 spiro atoms. The highest BCUT2D eigenvalue weighted by Gasteiger charge is 2.31. The summed E-state index contributed by atoms with van der Waals surface area (Å²) < 4.78 is 0.779. The SMILES string of the molecule is O=C(c1ccc(Cl)cc1Br)N1CCC(N2CCCCC2)C1. The first kappa shape index (κ1) is 15.3. The molecular formula is C16H20BrClN2O. The monoisotopic (exact) mass is 370 g/mol. The van der Waals surface area contributed by atoms with E-state index in [4.69, 9.17) is 11.6 Å². The molecule has 1 unspecified atom stereocenters. The molecule has 2 saturated heterocycles. The van der Waals surface area contributed by atoms with E-state index in [2.05, 4.69) is 20.8 Å². The van der Waals surface area contributed by atoms with Crippen molar-refractivity contribution in [1.82, 2.24) is 9.80 Å². The van der Waals surface area contributed by atoms with Gasteiger partial charge in [0.15, 0.2) is 0 Å². The van der Waals surface area contributed by atoms with Gasteiger partial charge in [0.25, 0.3) is 5.91 Å². The molecule has 0 saturated carbocycles. The molecule has 2 aliphatic rings. The molecule has 114 valence electrons. The average molecular weight is 372 g/mol. The lowest BCUT2D eigenvalue weighted by Crippen LogP contribution is -2.41. The van der Waals surface area contributed by atoms with Crippen molar-refractivity contribution in [3.63, 3.8) is 0 Å². The number of nitrogens with zero attached hydrogens (tertiary/aromatic N) is 2. The second kappa shape index (κ2) is 6.67. The fourth-order valence-corrected chi connectivity index (χ4v) is 4.19. The summed E-state index contributed by atoms with van der Waals surface area (Å²) in [6.45, 7) is 4.09. The summed E-state index contributed by atoms with van der Waals surface area (Å²) in [5, 5.41) is 0.644. The van der Waals surface area contributed by atoms with E-state index in [9.17, 15) is 4.79 Å². The van der Waals surface area contributed by atoms with E-state index >= 15 is 0 Å². The Hall–Kier alpha value is -0.580. The molecule has 1 aromatic rings. The van der Waals surface area contributed by atoms with Gasteiger partial charge in [0.1, 0.15) is 0 Å². The van der Waals surface area contributed by atoms with Crippen LogP contribution in [0, 0.1) is 0 Å². The minimum Gasteiger partial charge on any atom is -0.337 e. The fourth-order valence-electron chi connectivity index (χ4n) is 3.34. The van der Waals surface area contributed by atoms with Crippen molar-refractivity contribution < 1.29 is 4.79 Å². The lowest BCUT2D eigenvalue weighted by Gasteiger charge is -2.32. The first-order valence-electron chi connectivity index (χ1n) is 7.63.